The van der Waals surface area contributed by atoms with Crippen LogP contribution in [0.25, 0.3) is 11.2 Å². The van der Waals surface area contributed by atoms with Crippen molar-refractivity contribution in [2.24, 2.45) is 5.92 Å². The number of hydrogen-bond acceptors (Lipinski definition) is 5. The molecule has 1 saturated heterocycles. The number of rotatable bonds is 3. The fourth-order valence-electron chi connectivity index (χ4n) is 3.53. The second-order valence-electron chi connectivity index (χ2n) is 6.44. The summed E-state index contributed by atoms with van der Waals surface area (Å²) in [5.74, 6) is 1.48. The monoisotopic (exact) mass is 321 g/mol. The van der Waals surface area contributed by atoms with Gasteiger partial charge in [-0.1, -0.05) is 6.92 Å². The Bertz CT molecular complexity index is 682. The zero-order chi connectivity index (χ0) is 15.1. The maximum Gasteiger partial charge on any atom is 0.226 e. The van der Waals surface area contributed by atoms with Crippen LogP contribution in [0.5, 0.6) is 0 Å². The molecule has 3 atom stereocenters. The first-order valence-electron chi connectivity index (χ1n) is 7.95. The van der Waals surface area contributed by atoms with E-state index in [0.29, 0.717) is 12.6 Å². The largest absolute Gasteiger partial charge is 0.379 e. The number of imidazole rings is 1. The first-order valence-corrected chi connectivity index (χ1v) is 8.33. The number of ether oxygens (including phenoxy) is 1. The van der Waals surface area contributed by atoms with Gasteiger partial charge in [0.1, 0.15) is 0 Å². The van der Waals surface area contributed by atoms with E-state index in [1.54, 1.807) is 0 Å². The summed E-state index contributed by atoms with van der Waals surface area (Å²) < 4.78 is 7.57. The van der Waals surface area contributed by atoms with Gasteiger partial charge in [0.15, 0.2) is 17.0 Å². The minimum atomic E-state index is 0.265. The van der Waals surface area contributed by atoms with E-state index in [-0.39, 0.29) is 11.3 Å². The number of halogens is 1. The number of fused-ring (bicyclic) bond motifs is 1. The lowest BCUT2D eigenvalue weighted by molar-refractivity contribution is 0.195. The van der Waals surface area contributed by atoms with Crippen molar-refractivity contribution < 1.29 is 4.74 Å². The molecule has 2 aromatic rings. The van der Waals surface area contributed by atoms with Gasteiger partial charge in [-0.15, -0.1) is 0 Å². The average Bonchev–Trinajstić information content (AvgIpc) is 3.19. The van der Waals surface area contributed by atoms with Gasteiger partial charge < -0.3 is 14.6 Å². The molecule has 4 rings (SSSR count). The SMILES string of the molecule is C[C@@H]1CCC(n2cnc3c(N[C@@H]4CCOC4)nc(Cl)nc32)C1. The van der Waals surface area contributed by atoms with Crippen molar-refractivity contribution in [2.75, 3.05) is 18.5 Å². The molecule has 3 heterocycles. The van der Waals surface area contributed by atoms with Gasteiger partial charge in [-0.3, -0.25) is 0 Å². The molecule has 1 N–H and O–H groups in total. The molecule has 7 heteroatoms. The van der Waals surface area contributed by atoms with Crippen molar-refractivity contribution in [3.8, 4) is 0 Å². The van der Waals surface area contributed by atoms with Crippen LogP contribution in [0.2, 0.25) is 5.28 Å². The van der Waals surface area contributed by atoms with Crippen molar-refractivity contribution in [3.63, 3.8) is 0 Å². The molecule has 6 nitrogen and oxygen atoms in total. The first-order chi connectivity index (χ1) is 10.7. The fraction of sp³-hybridized carbons (Fsp3) is 0.667. The number of anilines is 1. The molecular formula is C15H20ClN5O. The third kappa shape index (κ3) is 2.54. The van der Waals surface area contributed by atoms with Gasteiger partial charge in [-0.2, -0.15) is 9.97 Å². The molecule has 1 aliphatic heterocycles. The van der Waals surface area contributed by atoms with Crippen LogP contribution in [0.3, 0.4) is 0 Å². The molecule has 1 saturated carbocycles. The predicted molar refractivity (Wildman–Crippen MR) is 85.2 cm³/mol. The van der Waals surface area contributed by atoms with Gasteiger partial charge in [-0.05, 0) is 43.2 Å². The van der Waals surface area contributed by atoms with Crippen molar-refractivity contribution in [1.82, 2.24) is 19.5 Å². The lowest BCUT2D eigenvalue weighted by Gasteiger charge is -2.14. The molecule has 0 radical (unpaired) electrons. The van der Waals surface area contributed by atoms with Gasteiger partial charge in [0.25, 0.3) is 0 Å². The van der Waals surface area contributed by atoms with Gasteiger partial charge in [0.2, 0.25) is 5.28 Å². The summed E-state index contributed by atoms with van der Waals surface area (Å²) in [6.45, 7) is 3.78. The lowest BCUT2D eigenvalue weighted by atomic mass is 10.1. The summed E-state index contributed by atoms with van der Waals surface area (Å²) in [5, 5.41) is 3.67. The summed E-state index contributed by atoms with van der Waals surface area (Å²) in [6, 6.07) is 0.736. The van der Waals surface area contributed by atoms with E-state index in [2.05, 4.69) is 31.8 Å². The highest BCUT2D eigenvalue weighted by atomic mass is 35.5. The Kier molecular flexibility index (Phi) is 3.66. The third-order valence-electron chi connectivity index (χ3n) is 4.73. The normalized spacial score (nSPS) is 28.5. The third-order valence-corrected chi connectivity index (χ3v) is 4.89. The zero-order valence-corrected chi connectivity index (χ0v) is 13.4. The van der Waals surface area contributed by atoms with Gasteiger partial charge in [-0.25, -0.2) is 4.98 Å². The van der Waals surface area contributed by atoms with E-state index in [9.17, 15) is 0 Å². The maximum atomic E-state index is 6.14. The van der Waals surface area contributed by atoms with Crippen LogP contribution in [-0.4, -0.2) is 38.8 Å². The Balaban J connectivity index is 1.70. The van der Waals surface area contributed by atoms with Crippen molar-refractivity contribution in [1.29, 1.82) is 0 Å². The second-order valence-corrected chi connectivity index (χ2v) is 6.78. The molecule has 0 bridgehead atoms. The molecule has 2 aromatic heterocycles. The first kappa shape index (κ1) is 14.2. The van der Waals surface area contributed by atoms with Crippen LogP contribution in [-0.2, 0) is 4.74 Å². The molecule has 2 fully saturated rings. The van der Waals surface area contributed by atoms with Gasteiger partial charge in [0, 0.05) is 12.6 Å². The Labute approximate surface area is 134 Å². The molecule has 0 spiro atoms. The fourth-order valence-corrected chi connectivity index (χ4v) is 3.69. The quantitative estimate of drug-likeness (QED) is 0.880. The summed E-state index contributed by atoms with van der Waals surface area (Å²) in [7, 11) is 0. The van der Waals surface area contributed by atoms with E-state index in [1.807, 2.05) is 6.33 Å². The van der Waals surface area contributed by atoms with E-state index >= 15 is 0 Å². The van der Waals surface area contributed by atoms with Crippen LogP contribution in [0.15, 0.2) is 6.33 Å². The minimum absolute atomic E-state index is 0.265. The van der Waals surface area contributed by atoms with Crippen LogP contribution < -0.4 is 5.32 Å². The lowest BCUT2D eigenvalue weighted by Crippen LogP contribution is -2.20. The minimum Gasteiger partial charge on any atom is -0.379 e. The van der Waals surface area contributed by atoms with E-state index in [1.165, 1.54) is 19.3 Å². The van der Waals surface area contributed by atoms with E-state index in [4.69, 9.17) is 16.3 Å². The molecule has 0 aromatic carbocycles. The van der Waals surface area contributed by atoms with Crippen LogP contribution in [0.1, 0.15) is 38.6 Å². The summed E-state index contributed by atoms with van der Waals surface area (Å²) in [5.41, 5.74) is 1.64. The Morgan fingerprint density at radius 3 is 2.95 bits per heavy atom. The molecular weight excluding hydrogens is 302 g/mol. The highest BCUT2D eigenvalue weighted by Crippen LogP contribution is 2.36. The van der Waals surface area contributed by atoms with Crippen molar-refractivity contribution in [2.45, 2.75) is 44.7 Å². The number of nitrogens with one attached hydrogen (secondary N) is 1. The maximum absolute atomic E-state index is 6.14. The Morgan fingerprint density at radius 2 is 2.23 bits per heavy atom. The molecule has 22 heavy (non-hydrogen) atoms. The average molecular weight is 322 g/mol. The predicted octanol–water partition coefficient (Wildman–Crippen LogP) is 3.04. The van der Waals surface area contributed by atoms with Crippen LogP contribution in [0.4, 0.5) is 5.82 Å². The van der Waals surface area contributed by atoms with E-state index in [0.717, 1.165) is 35.9 Å². The highest BCUT2D eigenvalue weighted by Gasteiger charge is 2.26. The standard InChI is InChI=1S/C15H20ClN5O/c1-9-2-3-11(6-9)21-8-17-12-13(18-10-4-5-22-7-10)19-15(16)20-14(12)21/h8-11H,2-7H2,1H3,(H,18,19,20)/t9-,10-,11?/m1/s1. The van der Waals surface area contributed by atoms with Crippen LogP contribution in [0, 0.1) is 5.92 Å². The second kappa shape index (κ2) is 5.66. The summed E-state index contributed by atoms with van der Waals surface area (Å²) >= 11 is 6.14. The molecule has 2 aliphatic rings. The number of hydrogen-bond donors (Lipinski definition) is 1. The van der Waals surface area contributed by atoms with Crippen molar-refractivity contribution >= 4 is 28.6 Å². The number of nitrogens with zero attached hydrogens (tertiary/aromatic N) is 4. The highest BCUT2D eigenvalue weighted by molar-refractivity contribution is 6.28. The van der Waals surface area contributed by atoms with Gasteiger partial charge in [0.05, 0.1) is 19.0 Å². The molecule has 1 unspecified atom stereocenters. The topological polar surface area (TPSA) is 64.9 Å². The molecule has 118 valence electrons. The smallest absolute Gasteiger partial charge is 0.226 e. The molecule has 1 aliphatic carbocycles. The molecule has 0 amide bonds. The summed E-state index contributed by atoms with van der Waals surface area (Å²) in [4.78, 5) is 13.3. The van der Waals surface area contributed by atoms with Gasteiger partial charge >= 0.3 is 0 Å². The Hall–Kier alpha value is -1.40. The van der Waals surface area contributed by atoms with Crippen molar-refractivity contribution in [3.05, 3.63) is 11.6 Å². The summed E-state index contributed by atoms with van der Waals surface area (Å²) in [6.07, 6.45) is 6.46. The van der Waals surface area contributed by atoms with E-state index < -0.39 is 0 Å². The van der Waals surface area contributed by atoms with Crippen LogP contribution >= 0.6 is 11.6 Å². The zero-order valence-electron chi connectivity index (χ0n) is 12.6. The Morgan fingerprint density at radius 1 is 1.32 bits per heavy atom. The number of aromatic nitrogens is 4.